The Balaban J connectivity index is 1.61. The van der Waals surface area contributed by atoms with Crippen molar-refractivity contribution in [2.45, 2.75) is 26.4 Å². The molecule has 1 N–H and O–H groups in total. The SMILES string of the molecule is Cc1cc(C)cc(NC(=O)N2Cc3ccccc3-n3cccc3C2c2ccc(N(C)C)cc2)c1. The summed E-state index contributed by atoms with van der Waals surface area (Å²) in [6.07, 6.45) is 2.08. The van der Waals surface area contributed by atoms with Gasteiger partial charge in [-0.05, 0) is 78.6 Å². The van der Waals surface area contributed by atoms with E-state index in [1.54, 1.807) is 0 Å². The molecule has 1 aliphatic rings. The zero-order valence-electron chi connectivity index (χ0n) is 20.1. The predicted octanol–water partition coefficient (Wildman–Crippen LogP) is 6.30. The van der Waals surface area contributed by atoms with Gasteiger partial charge in [0.15, 0.2) is 0 Å². The number of nitrogens with zero attached hydrogens (tertiary/aromatic N) is 3. The number of hydrogen-bond acceptors (Lipinski definition) is 2. The number of aryl methyl sites for hydroxylation is 2. The predicted molar refractivity (Wildman–Crippen MR) is 139 cm³/mol. The van der Waals surface area contributed by atoms with Gasteiger partial charge in [0.05, 0.1) is 18.3 Å². The average molecular weight is 451 g/mol. The quantitative estimate of drug-likeness (QED) is 0.398. The number of anilines is 2. The van der Waals surface area contributed by atoms with Crippen LogP contribution in [0.25, 0.3) is 5.69 Å². The van der Waals surface area contributed by atoms with Gasteiger partial charge in [-0.1, -0.05) is 36.4 Å². The topological polar surface area (TPSA) is 40.5 Å². The number of carbonyl (C=O) groups excluding carboxylic acids is 1. The lowest BCUT2D eigenvalue weighted by atomic mass is 10.0. The molecule has 3 aromatic carbocycles. The first-order chi connectivity index (χ1) is 16.4. The fourth-order valence-electron chi connectivity index (χ4n) is 4.89. The molecule has 5 heteroatoms. The smallest absolute Gasteiger partial charge is 0.322 e. The van der Waals surface area contributed by atoms with Crippen LogP contribution in [0.15, 0.2) is 85.1 Å². The summed E-state index contributed by atoms with van der Waals surface area (Å²) in [5, 5.41) is 3.17. The van der Waals surface area contributed by atoms with E-state index in [0.717, 1.165) is 45.0 Å². The van der Waals surface area contributed by atoms with Gasteiger partial charge >= 0.3 is 6.03 Å². The van der Waals surface area contributed by atoms with Gasteiger partial charge < -0.3 is 19.7 Å². The Bertz CT molecular complexity index is 1320. The Morgan fingerprint density at radius 2 is 1.62 bits per heavy atom. The first kappa shape index (κ1) is 21.8. The maximum Gasteiger partial charge on any atom is 0.322 e. The van der Waals surface area contributed by atoms with Crippen LogP contribution in [0.2, 0.25) is 0 Å². The Labute approximate surface area is 201 Å². The number of amides is 2. The van der Waals surface area contributed by atoms with Gasteiger partial charge in [-0.15, -0.1) is 0 Å². The molecule has 0 fully saturated rings. The second-order valence-electron chi connectivity index (χ2n) is 9.25. The van der Waals surface area contributed by atoms with Crippen LogP contribution in [0.4, 0.5) is 16.2 Å². The lowest BCUT2D eigenvalue weighted by molar-refractivity contribution is 0.194. The van der Waals surface area contributed by atoms with E-state index in [9.17, 15) is 4.79 Å². The molecule has 2 heterocycles. The molecular formula is C29H30N4O. The van der Waals surface area contributed by atoms with Gasteiger partial charge in [0.25, 0.3) is 0 Å². The van der Waals surface area contributed by atoms with Crippen molar-refractivity contribution in [3.63, 3.8) is 0 Å². The van der Waals surface area contributed by atoms with Crippen molar-refractivity contribution in [3.8, 4) is 5.69 Å². The summed E-state index contributed by atoms with van der Waals surface area (Å²) in [7, 11) is 4.07. The van der Waals surface area contributed by atoms with Crippen molar-refractivity contribution >= 4 is 17.4 Å². The van der Waals surface area contributed by atoms with E-state index in [2.05, 4.69) is 81.6 Å². The van der Waals surface area contributed by atoms with Crippen molar-refractivity contribution in [2.24, 2.45) is 0 Å². The fraction of sp³-hybridized carbons (Fsp3) is 0.207. The van der Waals surface area contributed by atoms with E-state index in [1.807, 2.05) is 51.0 Å². The van der Waals surface area contributed by atoms with Gasteiger partial charge in [0, 0.05) is 37.4 Å². The molecule has 1 atom stereocenters. The normalized spacial score (nSPS) is 14.7. The van der Waals surface area contributed by atoms with Crippen LogP contribution in [-0.4, -0.2) is 29.6 Å². The van der Waals surface area contributed by atoms with Crippen molar-refractivity contribution in [3.05, 3.63) is 113 Å². The molecule has 0 aliphatic carbocycles. The maximum atomic E-state index is 13.8. The first-order valence-electron chi connectivity index (χ1n) is 11.6. The number of para-hydroxylation sites is 1. The Morgan fingerprint density at radius 1 is 0.912 bits per heavy atom. The lowest BCUT2D eigenvalue weighted by Crippen LogP contribution is -2.38. The molecule has 0 saturated carbocycles. The molecule has 1 aromatic heterocycles. The zero-order chi connectivity index (χ0) is 23.8. The zero-order valence-corrected chi connectivity index (χ0v) is 20.1. The minimum Gasteiger partial charge on any atom is -0.378 e. The maximum absolute atomic E-state index is 13.8. The first-order valence-corrected chi connectivity index (χ1v) is 11.6. The highest BCUT2D eigenvalue weighted by Gasteiger charge is 2.33. The summed E-state index contributed by atoms with van der Waals surface area (Å²) in [6.45, 7) is 4.61. The van der Waals surface area contributed by atoms with Gasteiger partial charge in [0.1, 0.15) is 0 Å². The Hall–Kier alpha value is -3.99. The van der Waals surface area contributed by atoms with E-state index in [1.165, 1.54) is 0 Å². The van der Waals surface area contributed by atoms with Crippen LogP contribution in [0.5, 0.6) is 0 Å². The number of aromatic nitrogens is 1. The van der Waals surface area contributed by atoms with E-state index in [-0.39, 0.29) is 12.1 Å². The van der Waals surface area contributed by atoms with Gasteiger partial charge in [-0.2, -0.15) is 0 Å². The highest BCUT2D eigenvalue weighted by Crippen LogP contribution is 2.37. The molecule has 5 nitrogen and oxygen atoms in total. The summed E-state index contributed by atoms with van der Waals surface area (Å²) >= 11 is 0. The van der Waals surface area contributed by atoms with Crippen molar-refractivity contribution in [2.75, 3.05) is 24.3 Å². The largest absolute Gasteiger partial charge is 0.378 e. The standard InChI is InChI=1S/C29H30N4O/c1-20-16-21(2)18-24(17-20)30-29(34)33-19-23-8-5-6-9-26(23)32-15-7-10-27(32)28(33)22-11-13-25(14-12-22)31(3)4/h5-18,28H,19H2,1-4H3,(H,30,34). The van der Waals surface area contributed by atoms with E-state index >= 15 is 0 Å². The summed E-state index contributed by atoms with van der Waals surface area (Å²) in [6, 6.07) is 26.8. The number of fused-ring (bicyclic) bond motifs is 3. The van der Waals surface area contributed by atoms with Crippen molar-refractivity contribution in [1.82, 2.24) is 9.47 Å². The van der Waals surface area contributed by atoms with Gasteiger partial charge in [-0.25, -0.2) is 4.79 Å². The molecule has 172 valence electrons. The van der Waals surface area contributed by atoms with Crippen LogP contribution in [0, 0.1) is 13.8 Å². The van der Waals surface area contributed by atoms with Crippen LogP contribution in [0.1, 0.15) is 34.0 Å². The van der Waals surface area contributed by atoms with Crippen LogP contribution >= 0.6 is 0 Å². The molecule has 0 radical (unpaired) electrons. The number of carbonyl (C=O) groups is 1. The molecule has 4 aromatic rings. The third kappa shape index (κ3) is 4.05. The number of hydrogen-bond donors (Lipinski definition) is 1. The monoisotopic (exact) mass is 450 g/mol. The second kappa shape index (κ2) is 8.75. The molecule has 0 spiro atoms. The molecule has 1 unspecified atom stereocenters. The molecular weight excluding hydrogens is 420 g/mol. The minimum atomic E-state index is -0.232. The van der Waals surface area contributed by atoms with Crippen molar-refractivity contribution in [1.29, 1.82) is 0 Å². The minimum absolute atomic E-state index is 0.115. The number of rotatable bonds is 3. The van der Waals surface area contributed by atoms with Crippen LogP contribution < -0.4 is 10.2 Å². The molecule has 34 heavy (non-hydrogen) atoms. The molecule has 1 aliphatic heterocycles. The van der Waals surface area contributed by atoms with E-state index in [4.69, 9.17) is 0 Å². The molecule has 0 saturated heterocycles. The highest BCUT2D eigenvalue weighted by molar-refractivity contribution is 5.90. The number of nitrogens with one attached hydrogen (secondary N) is 1. The van der Waals surface area contributed by atoms with Gasteiger partial charge in [-0.3, -0.25) is 0 Å². The average Bonchev–Trinajstić information content (AvgIpc) is 3.22. The summed E-state index contributed by atoms with van der Waals surface area (Å²) in [4.78, 5) is 17.9. The number of urea groups is 1. The Kier molecular flexibility index (Phi) is 5.62. The Morgan fingerprint density at radius 3 is 2.32 bits per heavy atom. The van der Waals surface area contributed by atoms with Crippen molar-refractivity contribution < 1.29 is 4.79 Å². The number of benzene rings is 3. The van der Waals surface area contributed by atoms with Crippen LogP contribution in [0.3, 0.4) is 0 Å². The molecule has 2 amide bonds. The second-order valence-corrected chi connectivity index (χ2v) is 9.25. The summed E-state index contributed by atoms with van der Waals surface area (Å²) < 4.78 is 2.21. The third-order valence-corrected chi connectivity index (χ3v) is 6.42. The highest BCUT2D eigenvalue weighted by atomic mass is 16.2. The molecule has 0 bridgehead atoms. The summed E-state index contributed by atoms with van der Waals surface area (Å²) in [5.41, 5.74) is 8.57. The van der Waals surface area contributed by atoms with Gasteiger partial charge in [0.2, 0.25) is 0 Å². The third-order valence-electron chi connectivity index (χ3n) is 6.42. The lowest BCUT2D eigenvalue weighted by Gasteiger charge is -2.31. The van der Waals surface area contributed by atoms with Crippen LogP contribution in [-0.2, 0) is 6.54 Å². The van der Waals surface area contributed by atoms with E-state index in [0.29, 0.717) is 6.54 Å². The summed E-state index contributed by atoms with van der Waals surface area (Å²) in [5.74, 6) is 0. The molecule has 5 rings (SSSR count). The van der Waals surface area contributed by atoms with E-state index < -0.39 is 0 Å². The fourth-order valence-corrected chi connectivity index (χ4v) is 4.89.